The Kier molecular flexibility index (Phi) is 4.51. The maximum Gasteiger partial charge on any atom is 0.141 e. The van der Waals surface area contributed by atoms with Crippen molar-refractivity contribution in [2.75, 3.05) is 0 Å². The molecule has 0 amide bonds. The average Bonchev–Trinajstić information content (AvgIpc) is 3.26. The molecule has 2 aromatic rings. The molecule has 2 aliphatic rings. The first-order chi connectivity index (χ1) is 12.4. The standard InChI is InChI=1S/C23H24N2/c1-2-3-4-5-11-16-25-22-15-10-9-14-21(22)24-23(25)19-13-8-6-7-12-18-17-20(18)19/h2-7,9-11,13-16,18,20H,8,12,17H2,1H3/b3-2-,5-4-,7-6-,16-11+,19-13+. The van der Waals surface area contributed by atoms with Crippen LogP contribution in [0.3, 0.4) is 0 Å². The van der Waals surface area contributed by atoms with Gasteiger partial charge in [-0.1, -0.05) is 54.7 Å². The highest BCUT2D eigenvalue weighted by atomic mass is 15.1. The van der Waals surface area contributed by atoms with Crippen molar-refractivity contribution in [2.24, 2.45) is 11.8 Å². The van der Waals surface area contributed by atoms with Crippen molar-refractivity contribution in [1.29, 1.82) is 0 Å². The first-order valence-corrected chi connectivity index (χ1v) is 9.17. The molecule has 1 aromatic carbocycles. The third-order valence-electron chi connectivity index (χ3n) is 5.02. The van der Waals surface area contributed by atoms with E-state index in [0.717, 1.165) is 23.7 Å². The van der Waals surface area contributed by atoms with E-state index in [1.165, 1.54) is 23.9 Å². The molecule has 2 heteroatoms. The van der Waals surface area contributed by atoms with Gasteiger partial charge < -0.3 is 0 Å². The second kappa shape index (κ2) is 7.10. The maximum atomic E-state index is 4.98. The highest BCUT2D eigenvalue weighted by molar-refractivity contribution is 5.83. The number of fused-ring (bicyclic) bond motifs is 2. The van der Waals surface area contributed by atoms with E-state index in [1.807, 2.05) is 25.2 Å². The van der Waals surface area contributed by atoms with Gasteiger partial charge in [-0.25, -0.2) is 4.98 Å². The summed E-state index contributed by atoms with van der Waals surface area (Å²) < 4.78 is 2.25. The van der Waals surface area contributed by atoms with Crippen LogP contribution in [-0.2, 0) is 0 Å². The minimum absolute atomic E-state index is 0.674. The lowest BCUT2D eigenvalue weighted by molar-refractivity contribution is 0.802. The molecule has 0 aliphatic heterocycles. The number of nitrogens with zero attached hydrogens (tertiary/aromatic N) is 2. The minimum Gasteiger partial charge on any atom is -0.299 e. The van der Waals surface area contributed by atoms with E-state index in [1.54, 1.807) is 0 Å². The summed E-state index contributed by atoms with van der Waals surface area (Å²) in [5.41, 5.74) is 3.66. The van der Waals surface area contributed by atoms with Crippen molar-refractivity contribution in [2.45, 2.75) is 26.2 Å². The van der Waals surface area contributed by atoms with Gasteiger partial charge in [0.05, 0.1) is 11.0 Å². The van der Waals surface area contributed by atoms with E-state index in [-0.39, 0.29) is 0 Å². The highest BCUT2D eigenvalue weighted by Crippen LogP contribution is 2.51. The Balaban J connectivity index is 1.77. The summed E-state index contributed by atoms with van der Waals surface area (Å²) in [6.45, 7) is 2.02. The van der Waals surface area contributed by atoms with Crippen LogP contribution in [0.15, 0.2) is 72.9 Å². The van der Waals surface area contributed by atoms with E-state index < -0.39 is 0 Å². The molecule has 0 radical (unpaired) electrons. The second-order valence-corrected chi connectivity index (χ2v) is 6.75. The van der Waals surface area contributed by atoms with Gasteiger partial charge in [-0.2, -0.15) is 0 Å². The largest absolute Gasteiger partial charge is 0.299 e. The van der Waals surface area contributed by atoms with Crippen molar-refractivity contribution in [1.82, 2.24) is 9.55 Å². The van der Waals surface area contributed by atoms with Gasteiger partial charge in [-0.05, 0) is 61.8 Å². The minimum atomic E-state index is 0.674. The summed E-state index contributed by atoms with van der Waals surface area (Å²) in [5.74, 6) is 2.58. The molecule has 1 saturated carbocycles. The molecule has 0 N–H and O–H groups in total. The molecule has 2 unspecified atom stereocenters. The van der Waals surface area contributed by atoms with E-state index >= 15 is 0 Å². The lowest BCUT2D eigenvalue weighted by atomic mass is 10.0. The van der Waals surface area contributed by atoms with Gasteiger partial charge in [0.1, 0.15) is 5.82 Å². The Morgan fingerprint density at radius 3 is 2.88 bits per heavy atom. The molecular formula is C23H24N2. The molecule has 0 bridgehead atoms. The van der Waals surface area contributed by atoms with Crippen molar-refractivity contribution in [3.05, 3.63) is 78.7 Å². The fourth-order valence-electron chi connectivity index (χ4n) is 3.63. The number of imidazole rings is 1. The van der Waals surface area contributed by atoms with Crippen molar-refractivity contribution in [3.63, 3.8) is 0 Å². The first kappa shape index (κ1) is 15.9. The quantitative estimate of drug-likeness (QED) is 0.496. The van der Waals surface area contributed by atoms with Crippen molar-refractivity contribution < 1.29 is 0 Å². The van der Waals surface area contributed by atoms with E-state index in [4.69, 9.17) is 4.98 Å². The SMILES string of the molecule is C\C=C/C=C\C=C\n1c(/C2=C/C/C=C\CC3CC23)nc2ccccc21. The Labute approximate surface area is 149 Å². The van der Waals surface area contributed by atoms with Crippen LogP contribution in [0.2, 0.25) is 0 Å². The molecule has 25 heavy (non-hydrogen) atoms. The van der Waals surface area contributed by atoms with Gasteiger partial charge in [-0.15, -0.1) is 0 Å². The van der Waals surface area contributed by atoms with Crippen LogP contribution in [0.1, 0.15) is 32.0 Å². The Hall–Kier alpha value is -2.61. The summed E-state index contributed by atoms with van der Waals surface area (Å²) >= 11 is 0. The van der Waals surface area contributed by atoms with Crippen LogP contribution >= 0.6 is 0 Å². The normalized spacial score (nSPS) is 26.7. The van der Waals surface area contributed by atoms with E-state index in [9.17, 15) is 0 Å². The van der Waals surface area contributed by atoms with Gasteiger partial charge >= 0.3 is 0 Å². The number of rotatable bonds is 4. The topological polar surface area (TPSA) is 17.8 Å². The Morgan fingerprint density at radius 1 is 1.08 bits per heavy atom. The van der Waals surface area contributed by atoms with Gasteiger partial charge in [0.2, 0.25) is 0 Å². The third kappa shape index (κ3) is 3.30. The first-order valence-electron chi connectivity index (χ1n) is 9.17. The number of allylic oxidation sites excluding steroid dienone is 9. The monoisotopic (exact) mass is 328 g/mol. The summed E-state index contributed by atoms with van der Waals surface area (Å²) in [7, 11) is 0. The predicted octanol–water partition coefficient (Wildman–Crippen LogP) is 6.01. The van der Waals surface area contributed by atoms with Gasteiger partial charge in [0.15, 0.2) is 0 Å². The number of aromatic nitrogens is 2. The molecule has 4 rings (SSSR count). The summed E-state index contributed by atoms with van der Waals surface area (Å²) in [6.07, 6.45) is 22.9. The van der Waals surface area contributed by atoms with Gasteiger partial charge in [-0.3, -0.25) is 4.57 Å². The number of para-hydroxylation sites is 2. The van der Waals surface area contributed by atoms with Crippen LogP contribution < -0.4 is 0 Å². The summed E-state index contributed by atoms with van der Waals surface area (Å²) in [4.78, 5) is 4.98. The molecule has 2 atom stereocenters. The zero-order valence-corrected chi connectivity index (χ0v) is 14.7. The predicted molar refractivity (Wildman–Crippen MR) is 107 cm³/mol. The molecule has 2 nitrogen and oxygen atoms in total. The molecule has 0 saturated heterocycles. The zero-order chi connectivity index (χ0) is 17.1. The Bertz CT molecular complexity index is 905. The van der Waals surface area contributed by atoms with Crippen molar-refractivity contribution >= 4 is 22.8 Å². The molecule has 1 aromatic heterocycles. The summed E-state index contributed by atoms with van der Waals surface area (Å²) in [6, 6.07) is 8.41. The second-order valence-electron chi connectivity index (χ2n) is 6.75. The van der Waals surface area contributed by atoms with Gasteiger partial charge in [0, 0.05) is 6.20 Å². The molecule has 2 aliphatic carbocycles. The third-order valence-corrected chi connectivity index (χ3v) is 5.02. The highest BCUT2D eigenvalue weighted by Gasteiger charge is 2.40. The molecule has 1 heterocycles. The number of hydrogen-bond donors (Lipinski definition) is 0. The average molecular weight is 328 g/mol. The lowest BCUT2D eigenvalue weighted by Gasteiger charge is -2.10. The molecule has 126 valence electrons. The maximum absolute atomic E-state index is 4.98. The number of hydrogen-bond acceptors (Lipinski definition) is 1. The fraction of sp³-hybridized carbons (Fsp3) is 0.261. The van der Waals surface area contributed by atoms with Gasteiger partial charge in [0.25, 0.3) is 0 Å². The van der Waals surface area contributed by atoms with Crippen LogP contribution in [-0.4, -0.2) is 9.55 Å². The molecular weight excluding hydrogens is 304 g/mol. The molecule has 1 fully saturated rings. The Morgan fingerprint density at radius 2 is 1.96 bits per heavy atom. The van der Waals surface area contributed by atoms with E-state index in [2.05, 4.69) is 65.4 Å². The van der Waals surface area contributed by atoms with Crippen LogP contribution in [0.25, 0.3) is 22.8 Å². The van der Waals surface area contributed by atoms with Crippen LogP contribution in [0.4, 0.5) is 0 Å². The molecule has 0 spiro atoms. The fourth-order valence-corrected chi connectivity index (χ4v) is 3.63. The van der Waals surface area contributed by atoms with Crippen LogP contribution in [0.5, 0.6) is 0 Å². The van der Waals surface area contributed by atoms with Crippen LogP contribution in [0, 0.1) is 11.8 Å². The lowest BCUT2D eigenvalue weighted by Crippen LogP contribution is -2.00. The zero-order valence-electron chi connectivity index (χ0n) is 14.7. The smallest absolute Gasteiger partial charge is 0.141 e. The number of benzene rings is 1. The van der Waals surface area contributed by atoms with Crippen molar-refractivity contribution in [3.8, 4) is 0 Å². The summed E-state index contributed by atoms with van der Waals surface area (Å²) in [5, 5.41) is 0. The van der Waals surface area contributed by atoms with E-state index in [0.29, 0.717) is 5.92 Å².